The lowest BCUT2D eigenvalue weighted by Crippen LogP contribution is -2.22. The van der Waals surface area contributed by atoms with Gasteiger partial charge < -0.3 is 14.3 Å². The summed E-state index contributed by atoms with van der Waals surface area (Å²) in [6.07, 6.45) is 1.54. The van der Waals surface area contributed by atoms with E-state index in [0.29, 0.717) is 11.1 Å². The van der Waals surface area contributed by atoms with E-state index >= 15 is 0 Å². The lowest BCUT2D eigenvalue weighted by molar-refractivity contribution is -0.298. The van der Waals surface area contributed by atoms with Gasteiger partial charge in [-0.3, -0.25) is 0 Å². The average Bonchev–Trinajstić information content (AvgIpc) is 2.90. The lowest BCUT2D eigenvalue weighted by atomic mass is 10.2. The minimum atomic E-state index is -1.26. The lowest BCUT2D eigenvalue weighted by Gasteiger charge is -2.05. The summed E-state index contributed by atoms with van der Waals surface area (Å²) in [6, 6.07) is 16.4. The number of carboxylic acids is 1. The number of carbonyl (C=O) groups excluding carboxylic acids is 1. The summed E-state index contributed by atoms with van der Waals surface area (Å²) >= 11 is 0.939. The molecule has 0 unspecified atom stereocenters. The molecule has 1 aromatic heterocycles. The van der Waals surface area contributed by atoms with E-state index in [0.717, 1.165) is 17.3 Å². The minimum absolute atomic E-state index is 0.0488. The Morgan fingerprint density at radius 1 is 1.10 bits per heavy atom. The van der Waals surface area contributed by atoms with Crippen molar-refractivity contribution in [3.8, 4) is 0 Å². The van der Waals surface area contributed by atoms with Crippen molar-refractivity contribution in [3.05, 3.63) is 65.1 Å². The van der Waals surface area contributed by atoms with E-state index in [-0.39, 0.29) is 10.1 Å². The summed E-state index contributed by atoms with van der Waals surface area (Å²) in [5, 5.41) is 11.5. The normalized spacial score (nSPS) is 11.7. The molecule has 0 atom stereocenters. The molecule has 0 fully saturated rings. The Balaban J connectivity index is 1.92. The van der Waals surface area contributed by atoms with Crippen molar-refractivity contribution in [3.63, 3.8) is 0 Å². The van der Waals surface area contributed by atoms with Crippen LogP contribution in [0.25, 0.3) is 17.2 Å². The molecule has 0 bridgehead atoms. The van der Waals surface area contributed by atoms with Crippen LogP contribution in [0.5, 0.6) is 0 Å². The van der Waals surface area contributed by atoms with Crippen molar-refractivity contribution in [2.45, 2.75) is 5.22 Å². The number of nitrogens with zero attached hydrogens (tertiary/aromatic N) is 1. The van der Waals surface area contributed by atoms with Crippen LogP contribution in [0.2, 0.25) is 0 Å². The fourth-order valence-electron chi connectivity index (χ4n) is 1.82. The number of aliphatic carboxylic acids is 1. The largest absolute Gasteiger partial charge is 0.544 e. The van der Waals surface area contributed by atoms with Crippen LogP contribution >= 0.6 is 11.8 Å². The number of rotatable bonds is 4. The van der Waals surface area contributed by atoms with E-state index in [1.54, 1.807) is 6.07 Å². The van der Waals surface area contributed by atoms with Gasteiger partial charge in [0.25, 0.3) is 5.22 Å². The molecule has 0 amide bonds. The molecular weight excluding hydrogens is 286 g/mol. The first-order valence-electron chi connectivity index (χ1n) is 6.24. The van der Waals surface area contributed by atoms with E-state index in [1.165, 1.54) is 6.08 Å². The number of hydrogen-bond donors (Lipinski definition) is 0. The standard InChI is InChI=1S/C16H11NO3S/c18-15(19)14(10-11-6-2-1-3-7-11)21-16-17-12-8-4-5-9-13(12)20-16/h1-10H,(H,18,19)/p-1/b14-10+. The van der Waals surface area contributed by atoms with Crippen molar-refractivity contribution in [2.75, 3.05) is 0 Å². The van der Waals surface area contributed by atoms with Crippen LogP contribution in [0.1, 0.15) is 5.56 Å². The number of benzene rings is 2. The first kappa shape index (κ1) is 13.5. The zero-order chi connectivity index (χ0) is 14.7. The maximum atomic E-state index is 11.3. The van der Waals surface area contributed by atoms with Crippen molar-refractivity contribution < 1.29 is 14.3 Å². The molecule has 0 saturated carbocycles. The maximum absolute atomic E-state index is 11.3. The summed E-state index contributed by atoms with van der Waals surface area (Å²) in [6.45, 7) is 0. The molecule has 0 aliphatic rings. The van der Waals surface area contributed by atoms with E-state index in [9.17, 15) is 9.90 Å². The zero-order valence-electron chi connectivity index (χ0n) is 10.9. The van der Waals surface area contributed by atoms with Gasteiger partial charge in [-0.1, -0.05) is 42.5 Å². The molecule has 3 rings (SSSR count). The number of aromatic nitrogens is 1. The van der Waals surface area contributed by atoms with Gasteiger partial charge in [-0.15, -0.1) is 0 Å². The van der Waals surface area contributed by atoms with Gasteiger partial charge in [-0.25, -0.2) is 4.98 Å². The van der Waals surface area contributed by atoms with E-state index in [1.807, 2.05) is 48.5 Å². The quantitative estimate of drug-likeness (QED) is 0.547. The molecule has 2 aromatic carbocycles. The number of carboxylic acid groups (broad SMARTS) is 1. The highest BCUT2D eigenvalue weighted by atomic mass is 32.2. The number of para-hydroxylation sites is 2. The second kappa shape index (κ2) is 5.85. The highest BCUT2D eigenvalue weighted by Crippen LogP contribution is 2.30. The van der Waals surface area contributed by atoms with Gasteiger partial charge >= 0.3 is 0 Å². The molecular formula is C16H10NO3S-. The maximum Gasteiger partial charge on any atom is 0.261 e. The molecule has 0 spiro atoms. The summed E-state index contributed by atoms with van der Waals surface area (Å²) in [7, 11) is 0. The first-order valence-corrected chi connectivity index (χ1v) is 7.05. The highest BCUT2D eigenvalue weighted by Gasteiger charge is 2.10. The van der Waals surface area contributed by atoms with Crippen molar-refractivity contribution >= 4 is 34.9 Å². The third-order valence-electron chi connectivity index (χ3n) is 2.77. The smallest absolute Gasteiger partial charge is 0.261 e. The molecule has 4 nitrogen and oxygen atoms in total. The Morgan fingerprint density at radius 2 is 1.81 bits per heavy atom. The molecule has 0 saturated heterocycles. The fourth-order valence-corrected chi connectivity index (χ4v) is 2.56. The Kier molecular flexibility index (Phi) is 3.75. The Morgan fingerprint density at radius 3 is 2.52 bits per heavy atom. The average molecular weight is 296 g/mol. The summed E-state index contributed by atoms with van der Waals surface area (Å²) in [5.74, 6) is -1.26. The molecule has 0 aliphatic heterocycles. The fraction of sp³-hybridized carbons (Fsp3) is 0. The predicted octanol–water partition coefficient (Wildman–Crippen LogP) is 2.71. The van der Waals surface area contributed by atoms with Crippen molar-refractivity contribution in [2.24, 2.45) is 0 Å². The Hall–Kier alpha value is -2.53. The molecule has 0 N–H and O–H groups in total. The summed E-state index contributed by atoms with van der Waals surface area (Å²) in [4.78, 5) is 15.5. The number of carbonyl (C=O) groups is 1. The number of oxazole rings is 1. The second-order valence-electron chi connectivity index (χ2n) is 4.26. The Labute approximate surface area is 125 Å². The summed E-state index contributed by atoms with van der Waals surface area (Å²) in [5.41, 5.74) is 2.09. The van der Waals surface area contributed by atoms with Crippen LogP contribution in [-0.4, -0.2) is 11.0 Å². The van der Waals surface area contributed by atoms with Gasteiger partial charge in [0.05, 0.1) is 5.97 Å². The van der Waals surface area contributed by atoms with Crippen molar-refractivity contribution in [1.29, 1.82) is 0 Å². The zero-order valence-corrected chi connectivity index (χ0v) is 11.7. The van der Waals surface area contributed by atoms with Crippen LogP contribution < -0.4 is 5.11 Å². The Bertz CT molecular complexity index is 776. The van der Waals surface area contributed by atoms with Crippen LogP contribution in [-0.2, 0) is 4.79 Å². The summed E-state index contributed by atoms with van der Waals surface area (Å²) < 4.78 is 5.51. The monoisotopic (exact) mass is 296 g/mol. The number of thioether (sulfide) groups is 1. The van der Waals surface area contributed by atoms with Crippen LogP contribution in [0.3, 0.4) is 0 Å². The minimum Gasteiger partial charge on any atom is -0.544 e. The van der Waals surface area contributed by atoms with E-state index < -0.39 is 5.97 Å². The third-order valence-corrected chi connectivity index (χ3v) is 3.62. The molecule has 1 heterocycles. The predicted molar refractivity (Wildman–Crippen MR) is 79.3 cm³/mol. The van der Waals surface area contributed by atoms with Gasteiger partial charge in [0.15, 0.2) is 5.58 Å². The number of hydrogen-bond acceptors (Lipinski definition) is 5. The van der Waals surface area contributed by atoms with Gasteiger partial charge in [0.1, 0.15) is 5.52 Å². The topological polar surface area (TPSA) is 66.2 Å². The van der Waals surface area contributed by atoms with Gasteiger partial charge in [0.2, 0.25) is 0 Å². The molecule has 3 aromatic rings. The molecule has 0 aliphatic carbocycles. The molecule has 5 heteroatoms. The third kappa shape index (κ3) is 3.14. The van der Waals surface area contributed by atoms with E-state index in [2.05, 4.69) is 4.98 Å². The first-order chi connectivity index (χ1) is 10.2. The molecule has 104 valence electrons. The van der Waals surface area contributed by atoms with Crippen LogP contribution in [0, 0.1) is 0 Å². The van der Waals surface area contributed by atoms with Crippen molar-refractivity contribution in [1.82, 2.24) is 4.98 Å². The highest BCUT2D eigenvalue weighted by molar-refractivity contribution is 8.03. The molecule has 0 radical (unpaired) electrons. The molecule has 21 heavy (non-hydrogen) atoms. The SMILES string of the molecule is O=C([O-])/C(=C\c1ccccc1)Sc1nc2ccccc2o1. The van der Waals surface area contributed by atoms with Gasteiger partial charge in [0, 0.05) is 4.91 Å². The van der Waals surface area contributed by atoms with Gasteiger partial charge in [-0.2, -0.15) is 0 Å². The van der Waals surface area contributed by atoms with Crippen LogP contribution in [0.15, 0.2) is 69.1 Å². The van der Waals surface area contributed by atoms with Gasteiger partial charge in [-0.05, 0) is 35.5 Å². The second-order valence-corrected chi connectivity index (χ2v) is 5.25. The number of fused-ring (bicyclic) bond motifs is 1. The van der Waals surface area contributed by atoms with Crippen LogP contribution in [0.4, 0.5) is 0 Å². The van der Waals surface area contributed by atoms with E-state index in [4.69, 9.17) is 4.42 Å².